The molecular formula is C12H10N2. The normalized spacial score (nSPS) is 10.9. The van der Waals surface area contributed by atoms with Crippen LogP contribution in [0.1, 0.15) is 0 Å². The van der Waals surface area contributed by atoms with Crippen molar-refractivity contribution in [2.75, 3.05) is 0 Å². The Morgan fingerprint density at radius 3 is 2.71 bits per heavy atom. The first-order chi connectivity index (χ1) is 6.93. The highest BCUT2D eigenvalue weighted by atomic mass is 14.7. The molecule has 0 saturated heterocycles. The Labute approximate surface area is 81.6 Å². The van der Waals surface area contributed by atoms with Crippen LogP contribution in [0.25, 0.3) is 22.0 Å². The molecule has 2 heterocycles. The molecule has 2 aromatic heterocycles. The Balaban J connectivity index is 2.23. The number of aromatic amines is 2. The quantitative estimate of drug-likeness (QED) is 0.579. The van der Waals surface area contributed by atoms with Crippen LogP contribution in [0.5, 0.6) is 0 Å². The molecule has 68 valence electrons. The van der Waals surface area contributed by atoms with E-state index in [9.17, 15) is 0 Å². The van der Waals surface area contributed by atoms with Gasteiger partial charge in [-0.05, 0) is 34.7 Å². The minimum atomic E-state index is 1.18. The summed E-state index contributed by atoms with van der Waals surface area (Å²) in [6.07, 6.45) is 5.91. The summed E-state index contributed by atoms with van der Waals surface area (Å²) in [6, 6.07) is 10.6. The molecule has 0 bridgehead atoms. The Morgan fingerprint density at radius 2 is 1.86 bits per heavy atom. The molecule has 0 unspecified atom stereocenters. The van der Waals surface area contributed by atoms with Crippen LogP contribution in [0.4, 0.5) is 0 Å². The smallest absolute Gasteiger partial charge is 0.0460 e. The molecule has 2 N–H and O–H groups in total. The molecule has 0 spiro atoms. The number of benzene rings is 1. The van der Waals surface area contributed by atoms with Crippen LogP contribution in [-0.4, -0.2) is 9.97 Å². The maximum absolute atomic E-state index is 3.21. The minimum absolute atomic E-state index is 1.18. The maximum atomic E-state index is 3.21. The van der Waals surface area contributed by atoms with Crippen LogP contribution >= 0.6 is 0 Å². The number of H-pyrrole nitrogens is 2. The highest BCUT2D eigenvalue weighted by Gasteiger charge is 1.99. The Kier molecular flexibility index (Phi) is 1.47. The summed E-state index contributed by atoms with van der Waals surface area (Å²) in [5.74, 6) is 0. The summed E-state index contributed by atoms with van der Waals surface area (Å²) < 4.78 is 0. The highest BCUT2D eigenvalue weighted by Crippen LogP contribution is 2.22. The molecule has 3 rings (SSSR count). The lowest BCUT2D eigenvalue weighted by atomic mass is 10.1. The number of hydrogen-bond donors (Lipinski definition) is 2. The van der Waals surface area contributed by atoms with Gasteiger partial charge in [-0.25, -0.2) is 0 Å². The molecule has 0 amide bonds. The Bertz CT molecular complexity index is 546. The fourth-order valence-electron chi connectivity index (χ4n) is 1.73. The Hall–Kier alpha value is -1.96. The van der Waals surface area contributed by atoms with Gasteiger partial charge < -0.3 is 9.97 Å². The van der Waals surface area contributed by atoms with Gasteiger partial charge in [0, 0.05) is 24.1 Å². The van der Waals surface area contributed by atoms with Gasteiger partial charge in [0.05, 0.1) is 0 Å². The molecular weight excluding hydrogens is 172 g/mol. The van der Waals surface area contributed by atoms with Crippen LogP contribution in [0.15, 0.2) is 48.9 Å². The van der Waals surface area contributed by atoms with Crippen molar-refractivity contribution in [2.24, 2.45) is 0 Å². The zero-order valence-electron chi connectivity index (χ0n) is 7.62. The third-order valence-electron chi connectivity index (χ3n) is 2.49. The largest absolute Gasteiger partial charge is 0.367 e. The molecule has 0 saturated carbocycles. The standard InChI is InChI=1S/C12H10N2/c1-2-10(11-3-5-13-8-11)7-12-9(1)4-6-14-12/h1-8,13-14H. The second-order valence-corrected chi connectivity index (χ2v) is 3.38. The molecule has 0 atom stereocenters. The molecule has 0 aliphatic carbocycles. The third-order valence-corrected chi connectivity index (χ3v) is 2.49. The fraction of sp³-hybridized carbons (Fsp3) is 0. The lowest BCUT2D eigenvalue weighted by Gasteiger charge is -1.97. The maximum Gasteiger partial charge on any atom is 0.0460 e. The van der Waals surface area contributed by atoms with Gasteiger partial charge in [0.25, 0.3) is 0 Å². The molecule has 0 fully saturated rings. The summed E-state index contributed by atoms with van der Waals surface area (Å²) in [7, 11) is 0. The zero-order valence-corrected chi connectivity index (χ0v) is 7.62. The topological polar surface area (TPSA) is 31.6 Å². The molecule has 3 aromatic rings. The van der Waals surface area contributed by atoms with Crippen molar-refractivity contribution in [2.45, 2.75) is 0 Å². The van der Waals surface area contributed by atoms with E-state index in [-0.39, 0.29) is 0 Å². The van der Waals surface area contributed by atoms with Crippen LogP contribution in [0.3, 0.4) is 0 Å². The zero-order chi connectivity index (χ0) is 9.38. The fourth-order valence-corrected chi connectivity index (χ4v) is 1.73. The van der Waals surface area contributed by atoms with Gasteiger partial charge >= 0.3 is 0 Å². The van der Waals surface area contributed by atoms with Gasteiger partial charge in [-0.1, -0.05) is 12.1 Å². The lowest BCUT2D eigenvalue weighted by molar-refractivity contribution is 1.41. The van der Waals surface area contributed by atoms with E-state index in [1.54, 1.807) is 0 Å². The van der Waals surface area contributed by atoms with Crippen molar-refractivity contribution in [1.29, 1.82) is 0 Å². The number of nitrogens with one attached hydrogen (secondary N) is 2. The first-order valence-electron chi connectivity index (χ1n) is 4.64. The molecule has 2 nitrogen and oxygen atoms in total. The summed E-state index contributed by atoms with van der Waals surface area (Å²) >= 11 is 0. The van der Waals surface area contributed by atoms with Crippen molar-refractivity contribution in [3.63, 3.8) is 0 Å². The van der Waals surface area contributed by atoms with E-state index in [1.165, 1.54) is 22.0 Å². The number of fused-ring (bicyclic) bond motifs is 1. The first-order valence-corrected chi connectivity index (χ1v) is 4.64. The van der Waals surface area contributed by atoms with Gasteiger partial charge in [0.15, 0.2) is 0 Å². The predicted octanol–water partition coefficient (Wildman–Crippen LogP) is 3.16. The molecule has 0 aliphatic heterocycles. The van der Waals surface area contributed by atoms with E-state index in [0.29, 0.717) is 0 Å². The highest BCUT2D eigenvalue weighted by molar-refractivity contribution is 5.84. The van der Waals surface area contributed by atoms with Crippen LogP contribution < -0.4 is 0 Å². The van der Waals surface area contributed by atoms with Gasteiger partial charge in [0.1, 0.15) is 0 Å². The molecule has 14 heavy (non-hydrogen) atoms. The van der Waals surface area contributed by atoms with Crippen molar-refractivity contribution in [3.05, 3.63) is 48.9 Å². The Morgan fingerprint density at radius 1 is 0.857 bits per heavy atom. The average molecular weight is 182 g/mol. The molecule has 0 aliphatic rings. The van der Waals surface area contributed by atoms with Crippen LogP contribution in [0, 0.1) is 0 Å². The van der Waals surface area contributed by atoms with E-state index in [0.717, 1.165) is 0 Å². The van der Waals surface area contributed by atoms with Gasteiger partial charge in [-0.2, -0.15) is 0 Å². The summed E-state index contributed by atoms with van der Waals surface area (Å²) in [4.78, 5) is 6.27. The lowest BCUT2D eigenvalue weighted by Crippen LogP contribution is -1.74. The molecule has 0 radical (unpaired) electrons. The number of rotatable bonds is 1. The molecule has 2 heteroatoms. The second-order valence-electron chi connectivity index (χ2n) is 3.38. The van der Waals surface area contributed by atoms with E-state index in [4.69, 9.17) is 0 Å². The summed E-state index contributed by atoms with van der Waals surface area (Å²) in [5, 5.41) is 1.25. The first kappa shape index (κ1) is 7.44. The van der Waals surface area contributed by atoms with Crippen LogP contribution in [-0.2, 0) is 0 Å². The van der Waals surface area contributed by atoms with E-state index in [2.05, 4.69) is 40.3 Å². The summed E-state index contributed by atoms with van der Waals surface area (Å²) in [5.41, 5.74) is 3.64. The van der Waals surface area contributed by atoms with Crippen molar-refractivity contribution in [1.82, 2.24) is 9.97 Å². The second kappa shape index (κ2) is 2.77. The van der Waals surface area contributed by atoms with Gasteiger partial charge in [-0.15, -0.1) is 0 Å². The van der Waals surface area contributed by atoms with E-state index in [1.807, 2.05) is 18.6 Å². The van der Waals surface area contributed by atoms with E-state index >= 15 is 0 Å². The van der Waals surface area contributed by atoms with Crippen molar-refractivity contribution < 1.29 is 0 Å². The third kappa shape index (κ3) is 1.04. The van der Waals surface area contributed by atoms with E-state index < -0.39 is 0 Å². The van der Waals surface area contributed by atoms with Gasteiger partial charge in [-0.3, -0.25) is 0 Å². The monoisotopic (exact) mass is 182 g/mol. The number of aromatic nitrogens is 2. The average Bonchev–Trinajstić information content (AvgIpc) is 2.88. The molecule has 1 aromatic carbocycles. The van der Waals surface area contributed by atoms with Crippen molar-refractivity contribution >= 4 is 10.9 Å². The summed E-state index contributed by atoms with van der Waals surface area (Å²) in [6.45, 7) is 0. The van der Waals surface area contributed by atoms with Crippen molar-refractivity contribution in [3.8, 4) is 11.1 Å². The SMILES string of the molecule is c1cc(-c2ccc3cc[nH]c3c2)c[nH]1. The van der Waals surface area contributed by atoms with Crippen LogP contribution in [0.2, 0.25) is 0 Å². The number of hydrogen-bond acceptors (Lipinski definition) is 0. The van der Waals surface area contributed by atoms with Gasteiger partial charge in [0.2, 0.25) is 0 Å². The minimum Gasteiger partial charge on any atom is -0.367 e. The predicted molar refractivity (Wildman–Crippen MR) is 58.1 cm³/mol.